The molecule has 1 aromatic carbocycles. The Morgan fingerprint density at radius 1 is 1.62 bits per heavy atom. The summed E-state index contributed by atoms with van der Waals surface area (Å²) in [7, 11) is 1.38. The Bertz CT molecular complexity index is 329. The highest BCUT2D eigenvalue weighted by atomic mass is 16.6. The van der Waals surface area contributed by atoms with Gasteiger partial charge in [0.1, 0.15) is 6.10 Å². The molecule has 0 N–H and O–H groups in total. The van der Waals surface area contributed by atoms with Crippen LogP contribution in [0, 0.1) is 0 Å². The highest BCUT2D eigenvalue weighted by molar-refractivity contribution is 5.89. The van der Waals surface area contributed by atoms with Crippen LogP contribution in [0.25, 0.3) is 0 Å². The Labute approximate surface area is 76.3 Å². The number of epoxide rings is 1. The van der Waals surface area contributed by atoms with Gasteiger partial charge in [0, 0.05) is 0 Å². The van der Waals surface area contributed by atoms with E-state index in [0.29, 0.717) is 5.56 Å². The van der Waals surface area contributed by atoms with Crippen molar-refractivity contribution in [3.63, 3.8) is 0 Å². The molecule has 1 aliphatic heterocycles. The second-order valence-corrected chi connectivity index (χ2v) is 2.94. The van der Waals surface area contributed by atoms with Gasteiger partial charge in [0.05, 0.1) is 19.3 Å². The molecule has 0 aliphatic carbocycles. The van der Waals surface area contributed by atoms with Gasteiger partial charge in [0.15, 0.2) is 0 Å². The predicted octanol–water partition coefficient (Wildman–Crippen LogP) is 1.54. The zero-order valence-electron chi connectivity index (χ0n) is 7.32. The van der Waals surface area contributed by atoms with Crippen molar-refractivity contribution in [1.29, 1.82) is 0 Å². The van der Waals surface area contributed by atoms with Crippen LogP contribution in [-0.2, 0) is 9.47 Å². The Morgan fingerprint density at radius 2 is 2.38 bits per heavy atom. The molecule has 0 saturated carbocycles. The summed E-state index contributed by atoms with van der Waals surface area (Å²) < 4.78 is 9.72. The number of carbonyl (C=O) groups excluding carboxylic acids is 1. The number of hydrogen-bond donors (Lipinski definition) is 0. The van der Waals surface area contributed by atoms with Crippen molar-refractivity contribution in [3.8, 4) is 0 Å². The molecular formula is C10H10O3. The number of benzene rings is 1. The molecule has 13 heavy (non-hydrogen) atoms. The normalized spacial score (nSPS) is 19.6. The average molecular weight is 178 g/mol. The van der Waals surface area contributed by atoms with Crippen LogP contribution in [0.5, 0.6) is 0 Å². The highest BCUT2D eigenvalue weighted by Gasteiger charge is 2.25. The maximum atomic E-state index is 11.1. The molecule has 1 heterocycles. The fraction of sp³-hybridized carbons (Fsp3) is 0.300. The summed E-state index contributed by atoms with van der Waals surface area (Å²) in [4.78, 5) is 11.1. The minimum absolute atomic E-state index is 0.185. The van der Waals surface area contributed by atoms with Crippen LogP contribution in [-0.4, -0.2) is 19.7 Å². The maximum absolute atomic E-state index is 11.1. The van der Waals surface area contributed by atoms with Gasteiger partial charge in [-0.15, -0.1) is 0 Å². The van der Waals surface area contributed by atoms with Gasteiger partial charge in [0.25, 0.3) is 0 Å². The van der Waals surface area contributed by atoms with Gasteiger partial charge in [-0.1, -0.05) is 12.1 Å². The SMILES string of the molecule is COC(=O)c1cccc(C2CO2)c1. The first-order valence-electron chi connectivity index (χ1n) is 4.11. The van der Waals surface area contributed by atoms with Crippen molar-refractivity contribution >= 4 is 5.97 Å². The molecular weight excluding hydrogens is 168 g/mol. The second-order valence-electron chi connectivity index (χ2n) is 2.94. The molecule has 1 saturated heterocycles. The molecule has 1 unspecified atom stereocenters. The average Bonchev–Trinajstić information content (AvgIpc) is 3.00. The zero-order valence-corrected chi connectivity index (χ0v) is 7.32. The highest BCUT2D eigenvalue weighted by Crippen LogP contribution is 2.29. The lowest BCUT2D eigenvalue weighted by molar-refractivity contribution is 0.0600. The lowest BCUT2D eigenvalue weighted by atomic mass is 10.1. The summed E-state index contributed by atoms with van der Waals surface area (Å²) in [6, 6.07) is 7.33. The lowest BCUT2D eigenvalue weighted by Crippen LogP contribution is -2.01. The number of esters is 1. The largest absolute Gasteiger partial charge is 0.465 e. The topological polar surface area (TPSA) is 38.8 Å². The number of methoxy groups -OCH3 is 1. The smallest absolute Gasteiger partial charge is 0.337 e. The van der Waals surface area contributed by atoms with Crippen molar-refractivity contribution < 1.29 is 14.3 Å². The van der Waals surface area contributed by atoms with Crippen LogP contribution in [0.2, 0.25) is 0 Å². The van der Waals surface area contributed by atoms with Crippen LogP contribution in [0.4, 0.5) is 0 Å². The summed E-state index contributed by atoms with van der Waals surface area (Å²) in [5, 5.41) is 0. The molecule has 0 radical (unpaired) electrons. The molecule has 3 nitrogen and oxygen atoms in total. The first-order valence-corrected chi connectivity index (χ1v) is 4.11. The van der Waals surface area contributed by atoms with Crippen molar-refractivity contribution in [2.75, 3.05) is 13.7 Å². The fourth-order valence-electron chi connectivity index (χ4n) is 1.22. The van der Waals surface area contributed by atoms with Crippen molar-refractivity contribution in [2.24, 2.45) is 0 Å². The van der Waals surface area contributed by atoms with Gasteiger partial charge < -0.3 is 9.47 Å². The van der Waals surface area contributed by atoms with Crippen LogP contribution in [0.1, 0.15) is 22.0 Å². The second kappa shape index (κ2) is 3.18. The number of hydrogen-bond acceptors (Lipinski definition) is 3. The monoisotopic (exact) mass is 178 g/mol. The van der Waals surface area contributed by atoms with E-state index in [9.17, 15) is 4.79 Å². The molecule has 2 rings (SSSR count). The van der Waals surface area contributed by atoms with Crippen molar-refractivity contribution in [1.82, 2.24) is 0 Å². The summed E-state index contributed by atoms with van der Waals surface area (Å²) in [5.74, 6) is -0.303. The minimum atomic E-state index is -0.303. The fourth-order valence-corrected chi connectivity index (χ4v) is 1.22. The van der Waals surface area contributed by atoms with E-state index < -0.39 is 0 Å². The van der Waals surface area contributed by atoms with E-state index in [4.69, 9.17) is 4.74 Å². The van der Waals surface area contributed by atoms with E-state index >= 15 is 0 Å². The molecule has 0 aromatic heterocycles. The number of carbonyl (C=O) groups is 1. The third-order valence-electron chi connectivity index (χ3n) is 2.01. The summed E-state index contributed by atoms with van der Waals surface area (Å²) in [5.41, 5.74) is 1.62. The molecule has 0 amide bonds. The Balaban J connectivity index is 2.26. The summed E-state index contributed by atoms with van der Waals surface area (Å²) in [6.45, 7) is 0.755. The van der Waals surface area contributed by atoms with Gasteiger partial charge in [-0.3, -0.25) is 0 Å². The number of rotatable bonds is 2. The van der Waals surface area contributed by atoms with Crippen LogP contribution in [0.3, 0.4) is 0 Å². The van der Waals surface area contributed by atoms with Gasteiger partial charge in [-0.2, -0.15) is 0 Å². The van der Waals surface area contributed by atoms with Gasteiger partial charge in [0.2, 0.25) is 0 Å². The van der Waals surface area contributed by atoms with E-state index in [-0.39, 0.29) is 12.1 Å². The van der Waals surface area contributed by atoms with Crippen LogP contribution < -0.4 is 0 Å². The van der Waals surface area contributed by atoms with Crippen LogP contribution >= 0.6 is 0 Å². The van der Waals surface area contributed by atoms with Crippen LogP contribution in [0.15, 0.2) is 24.3 Å². The van der Waals surface area contributed by atoms with Gasteiger partial charge in [-0.25, -0.2) is 4.79 Å². The van der Waals surface area contributed by atoms with E-state index in [1.165, 1.54) is 7.11 Å². The summed E-state index contributed by atoms with van der Waals surface area (Å²) in [6.07, 6.45) is 0.185. The van der Waals surface area contributed by atoms with Gasteiger partial charge in [-0.05, 0) is 17.7 Å². The molecule has 1 fully saturated rings. The standard InChI is InChI=1S/C10H10O3/c1-12-10(11)8-4-2-3-7(5-8)9-6-13-9/h2-5,9H,6H2,1H3. The Kier molecular flexibility index (Phi) is 2.02. The lowest BCUT2D eigenvalue weighted by Gasteiger charge is -2.00. The van der Waals surface area contributed by atoms with Gasteiger partial charge >= 0.3 is 5.97 Å². The third-order valence-corrected chi connectivity index (χ3v) is 2.01. The molecule has 1 aromatic rings. The molecule has 3 heteroatoms. The third kappa shape index (κ3) is 1.70. The molecule has 1 aliphatic rings. The Hall–Kier alpha value is -1.35. The maximum Gasteiger partial charge on any atom is 0.337 e. The quantitative estimate of drug-likeness (QED) is 0.509. The van der Waals surface area contributed by atoms with E-state index in [2.05, 4.69) is 4.74 Å². The first-order chi connectivity index (χ1) is 6.31. The molecule has 0 bridgehead atoms. The molecule has 68 valence electrons. The van der Waals surface area contributed by atoms with E-state index in [0.717, 1.165) is 12.2 Å². The van der Waals surface area contributed by atoms with E-state index in [1.807, 2.05) is 18.2 Å². The summed E-state index contributed by atoms with van der Waals surface area (Å²) >= 11 is 0. The van der Waals surface area contributed by atoms with Crippen molar-refractivity contribution in [3.05, 3.63) is 35.4 Å². The minimum Gasteiger partial charge on any atom is -0.465 e. The Morgan fingerprint density at radius 3 is 3.00 bits per heavy atom. The molecule has 1 atom stereocenters. The predicted molar refractivity (Wildman–Crippen MR) is 46.5 cm³/mol. The van der Waals surface area contributed by atoms with Crippen molar-refractivity contribution in [2.45, 2.75) is 6.10 Å². The first kappa shape index (κ1) is 8.26. The number of ether oxygens (including phenoxy) is 2. The zero-order chi connectivity index (χ0) is 9.26. The van der Waals surface area contributed by atoms with E-state index in [1.54, 1.807) is 6.07 Å². The molecule has 0 spiro atoms.